The van der Waals surface area contributed by atoms with E-state index >= 15 is 0 Å². The minimum Gasteiger partial charge on any atom is -0.499 e. The molecule has 0 saturated carbocycles. The number of nitrogens with two attached hydrogens (primary N) is 1. The van der Waals surface area contributed by atoms with E-state index in [0.717, 1.165) is 6.42 Å². The van der Waals surface area contributed by atoms with Crippen LogP contribution in [0.25, 0.3) is 0 Å². The van der Waals surface area contributed by atoms with E-state index in [-0.39, 0.29) is 6.42 Å². The Bertz CT molecular complexity index is 787. The topological polar surface area (TPSA) is 186 Å². The van der Waals surface area contributed by atoms with Gasteiger partial charge >= 0.3 is 17.9 Å². The van der Waals surface area contributed by atoms with E-state index in [2.05, 4.69) is 15.3 Å². The summed E-state index contributed by atoms with van der Waals surface area (Å²) in [6.07, 6.45) is 1.50. The number of hydrogen-bond acceptors (Lipinski definition) is 11. The van der Waals surface area contributed by atoms with Crippen molar-refractivity contribution in [2.24, 2.45) is 5.73 Å². The summed E-state index contributed by atoms with van der Waals surface area (Å²) >= 11 is 0. The largest absolute Gasteiger partial charge is 0.499 e. The fraction of sp³-hybridized carbons (Fsp3) is 0.529. The smallest absolute Gasteiger partial charge is 0.378 e. The SMILES string of the molecule is N[C@@H](Cc1c[nH]cn1)C(=O)OC1=C(O)C(=O)O[C@@H]1[C@H](CO)OC(=O)[C@@H]1CCCN1. The van der Waals surface area contributed by atoms with Crippen molar-refractivity contribution in [1.29, 1.82) is 0 Å². The Morgan fingerprint density at radius 2 is 2.24 bits per heavy atom. The van der Waals surface area contributed by atoms with E-state index in [1.807, 2.05) is 0 Å². The van der Waals surface area contributed by atoms with Crippen LogP contribution in [0.5, 0.6) is 0 Å². The second kappa shape index (κ2) is 9.03. The number of cyclic esters (lactones) is 1. The molecule has 6 N–H and O–H groups in total. The van der Waals surface area contributed by atoms with Gasteiger partial charge < -0.3 is 40.5 Å². The van der Waals surface area contributed by atoms with E-state index in [1.165, 1.54) is 6.33 Å². The molecular weight excluding hydrogens is 388 g/mol. The molecule has 29 heavy (non-hydrogen) atoms. The molecule has 12 nitrogen and oxygen atoms in total. The van der Waals surface area contributed by atoms with Crippen LogP contribution in [-0.4, -0.2) is 75.5 Å². The number of H-pyrrole nitrogens is 1. The number of aromatic amines is 1. The number of ether oxygens (including phenoxy) is 3. The molecule has 2 aliphatic rings. The van der Waals surface area contributed by atoms with Crippen molar-refractivity contribution in [2.75, 3.05) is 13.2 Å². The highest BCUT2D eigenvalue weighted by molar-refractivity contribution is 5.90. The van der Waals surface area contributed by atoms with Gasteiger partial charge in [0, 0.05) is 12.6 Å². The maximum Gasteiger partial charge on any atom is 0.378 e. The molecule has 1 aromatic heterocycles. The molecule has 0 unspecified atom stereocenters. The normalized spacial score (nSPS) is 23.6. The number of aliphatic hydroxyl groups is 2. The summed E-state index contributed by atoms with van der Waals surface area (Å²) in [7, 11) is 0. The summed E-state index contributed by atoms with van der Waals surface area (Å²) in [6.45, 7) is -0.0799. The lowest BCUT2D eigenvalue weighted by atomic mass is 10.1. The lowest BCUT2D eigenvalue weighted by molar-refractivity contribution is -0.168. The molecule has 4 atom stereocenters. The first kappa shape index (κ1) is 20.8. The highest BCUT2D eigenvalue weighted by atomic mass is 16.6. The lowest BCUT2D eigenvalue weighted by Gasteiger charge is -2.24. The second-order valence-corrected chi connectivity index (χ2v) is 6.64. The third-order valence-corrected chi connectivity index (χ3v) is 4.55. The maximum absolute atomic E-state index is 12.3. The van der Waals surface area contributed by atoms with Crippen molar-refractivity contribution in [1.82, 2.24) is 15.3 Å². The number of esters is 3. The van der Waals surface area contributed by atoms with Crippen LogP contribution in [0, 0.1) is 0 Å². The summed E-state index contributed by atoms with van der Waals surface area (Å²) in [5.74, 6) is -4.30. The van der Waals surface area contributed by atoms with Crippen LogP contribution in [-0.2, 0) is 35.0 Å². The average molecular weight is 410 g/mol. The number of carbonyl (C=O) groups is 3. The van der Waals surface area contributed by atoms with Crippen LogP contribution in [0.1, 0.15) is 18.5 Å². The Kier molecular flexibility index (Phi) is 6.46. The van der Waals surface area contributed by atoms with Crippen molar-refractivity contribution in [2.45, 2.75) is 43.6 Å². The van der Waals surface area contributed by atoms with Crippen LogP contribution in [0.2, 0.25) is 0 Å². The third-order valence-electron chi connectivity index (χ3n) is 4.55. The van der Waals surface area contributed by atoms with Crippen LogP contribution >= 0.6 is 0 Å². The first-order valence-corrected chi connectivity index (χ1v) is 9.04. The molecule has 0 aliphatic carbocycles. The van der Waals surface area contributed by atoms with Crippen molar-refractivity contribution in [3.63, 3.8) is 0 Å². The number of aliphatic hydroxyl groups excluding tert-OH is 2. The molecule has 0 spiro atoms. The molecule has 1 saturated heterocycles. The summed E-state index contributed by atoms with van der Waals surface area (Å²) in [6, 6.07) is -1.69. The van der Waals surface area contributed by atoms with Gasteiger partial charge in [0.25, 0.3) is 0 Å². The average Bonchev–Trinajstić information content (AvgIpc) is 3.45. The molecule has 158 valence electrons. The zero-order valence-corrected chi connectivity index (χ0v) is 15.4. The van der Waals surface area contributed by atoms with E-state index in [4.69, 9.17) is 19.9 Å². The quantitative estimate of drug-likeness (QED) is 0.240. The summed E-state index contributed by atoms with van der Waals surface area (Å²) in [4.78, 5) is 42.9. The second-order valence-electron chi connectivity index (χ2n) is 6.64. The van der Waals surface area contributed by atoms with Gasteiger partial charge in [0.05, 0.1) is 18.6 Å². The maximum atomic E-state index is 12.3. The Morgan fingerprint density at radius 1 is 1.45 bits per heavy atom. The molecule has 3 heterocycles. The lowest BCUT2D eigenvalue weighted by Crippen LogP contribution is -2.43. The Labute approximate surface area is 165 Å². The van der Waals surface area contributed by atoms with E-state index in [9.17, 15) is 24.6 Å². The molecule has 0 aromatic carbocycles. The van der Waals surface area contributed by atoms with Crippen molar-refractivity contribution in [3.05, 3.63) is 29.7 Å². The first-order valence-electron chi connectivity index (χ1n) is 9.04. The highest BCUT2D eigenvalue weighted by Crippen LogP contribution is 2.27. The summed E-state index contributed by atoms with van der Waals surface area (Å²) in [5.41, 5.74) is 6.29. The number of nitrogens with one attached hydrogen (secondary N) is 2. The molecular formula is C17H22N4O8. The van der Waals surface area contributed by atoms with Crippen molar-refractivity contribution >= 4 is 17.9 Å². The first-order chi connectivity index (χ1) is 13.9. The fourth-order valence-corrected chi connectivity index (χ4v) is 3.02. The summed E-state index contributed by atoms with van der Waals surface area (Å²) in [5, 5.41) is 22.5. The Balaban J connectivity index is 1.68. The van der Waals surface area contributed by atoms with Gasteiger partial charge in [-0.25, -0.2) is 14.6 Å². The standard InChI is InChI=1S/C17H22N4O8/c18-9(4-8-5-19-7-21-8)15(24)29-14-12(23)17(26)28-13(14)11(6-22)27-16(25)10-2-1-3-20-10/h5,7,9-11,13,20,22-23H,1-4,6,18H2,(H,19,21)/t9-,10-,11-,13+/m0/s1. The van der Waals surface area contributed by atoms with Gasteiger partial charge in [0.1, 0.15) is 12.1 Å². The Morgan fingerprint density at radius 3 is 2.86 bits per heavy atom. The van der Waals surface area contributed by atoms with Gasteiger partial charge in [-0.05, 0) is 19.4 Å². The minimum atomic E-state index is -1.49. The molecule has 2 aliphatic heterocycles. The predicted octanol–water partition coefficient (Wildman–Crippen LogP) is -1.83. The van der Waals surface area contributed by atoms with E-state index < -0.39 is 60.3 Å². The van der Waals surface area contributed by atoms with Gasteiger partial charge in [-0.2, -0.15) is 0 Å². The van der Waals surface area contributed by atoms with Crippen LogP contribution in [0.4, 0.5) is 0 Å². The number of nitrogens with zero attached hydrogens (tertiary/aromatic N) is 1. The zero-order chi connectivity index (χ0) is 21.0. The molecule has 12 heteroatoms. The monoisotopic (exact) mass is 410 g/mol. The van der Waals surface area contributed by atoms with Gasteiger partial charge in [-0.15, -0.1) is 0 Å². The number of aromatic nitrogens is 2. The number of hydrogen-bond donors (Lipinski definition) is 5. The van der Waals surface area contributed by atoms with Crippen LogP contribution < -0.4 is 11.1 Å². The molecule has 0 amide bonds. The number of imidazole rings is 1. The summed E-state index contributed by atoms with van der Waals surface area (Å²) < 4.78 is 15.2. The fourth-order valence-electron chi connectivity index (χ4n) is 3.02. The molecule has 0 bridgehead atoms. The predicted molar refractivity (Wildman–Crippen MR) is 93.9 cm³/mol. The van der Waals surface area contributed by atoms with Crippen molar-refractivity contribution in [3.8, 4) is 0 Å². The van der Waals surface area contributed by atoms with Gasteiger partial charge in [-0.1, -0.05) is 0 Å². The molecule has 0 radical (unpaired) electrons. The van der Waals surface area contributed by atoms with Gasteiger partial charge in [-0.3, -0.25) is 4.79 Å². The third kappa shape index (κ3) is 4.72. The highest BCUT2D eigenvalue weighted by Gasteiger charge is 2.45. The molecule has 1 fully saturated rings. The molecule has 1 aromatic rings. The van der Waals surface area contributed by atoms with E-state index in [1.54, 1.807) is 6.20 Å². The zero-order valence-electron chi connectivity index (χ0n) is 15.4. The number of carbonyl (C=O) groups excluding carboxylic acids is 3. The minimum absolute atomic E-state index is 0.0433. The van der Waals surface area contributed by atoms with Crippen LogP contribution in [0.15, 0.2) is 24.0 Å². The Hall–Kier alpha value is -2.96. The van der Waals surface area contributed by atoms with Crippen LogP contribution in [0.3, 0.4) is 0 Å². The van der Waals surface area contributed by atoms with Gasteiger partial charge in [0.15, 0.2) is 6.10 Å². The van der Waals surface area contributed by atoms with Crippen molar-refractivity contribution < 1.29 is 38.8 Å². The number of rotatable bonds is 8. The van der Waals surface area contributed by atoms with Gasteiger partial charge in [0.2, 0.25) is 17.6 Å². The molecule has 3 rings (SSSR count). The van der Waals surface area contributed by atoms with E-state index in [0.29, 0.717) is 18.7 Å².